The Bertz CT molecular complexity index is 433. The maximum atomic E-state index is 13.5. The van der Waals surface area contributed by atoms with Gasteiger partial charge in [0.15, 0.2) is 11.5 Å². The SMILES string of the molecule is COc1c(C(N)C(=O)O)cc(C)c(O)c1F. The second-order valence-corrected chi connectivity index (χ2v) is 3.29. The maximum Gasteiger partial charge on any atom is 0.325 e. The largest absolute Gasteiger partial charge is 0.505 e. The zero-order valence-corrected chi connectivity index (χ0v) is 8.82. The lowest BCUT2D eigenvalue weighted by atomic mass is 10.0. The molecule has 0 saturated heterocycles. The van der Waals surface area contributed by atoms with Crippen LogP contribution in [0.2, 0.25) is 0 Å². The standard InChI is InChI=1S/C10H12FNO4/c1-4-3-5(7(12)10(14)15)9(16-2)6(11)8(4)13/h3,7,13H,12H2,1-2H3,(H,14,15). The fraction of sp³-hybridized carbons (Fsp3) is 0.300. The number of phenolic OH excluding ortho intramolecular Hbond substituents is 1. The highest BCUT2D eigenvalue weighted by Gasteiger charge is 2.24. The molecule has 1 rings (SSSR count). The minimum Gasteiger partial charge on any atom is -0.505 e. The molecule has 6 heteroatoms. The molecule has 0 saturated carbocycles. The van der Waals surface area contributed by atoms with Crippen molar-refractivity contribution in [2.24, 2.45) is 5.73 Å². The molecule has 1 atom stereocenters. The zero-order valence-electron chi connectivity index (χ0n) is 8.82. The minimum absolute atomic E-state index is 0.0113. The molecular weight excluding hydrogens is 217 g/mol. The molecule has 0 radical (unpaired) electrons. The van der Waals surface area contributed by atoms with Gasteiger partial charge >= 0.3 is 5.97 Å². The first-order chi connectivity index (χ1) is 7.40. The van der Waals surface area contributed by atoms with E-state index in [0.717, 1.165) is 0 Å². The first-order valence-electron chi connectivity index (χ1n) is 4.44. The summed E-state index contributed by atoms with van der Waals surface area (Å²) in [6.45, 7) is 1.44. The van der Waals surface area contributed by atoms with Crippen LogP contribution in [0.15, 0.2) is 6.07 Å². The Kier molecular flexibility index (Phi) is 3.34. The van der Waals surface area contributed by atoms with E-state index in [1.165, 1.54) is 20.1 Å². The van der Waals surface area contributed by atoms with Crippen LogP contribution in [-0.2, 0) is 4.79 Å². The summed E-state index contributed by atoms with van der Waals surface area (Å²) in [4.78, 5) is 10.7. The van der Waals surface area contributed by atoms with Gasteiger partial charge in [-0.25, -0.2) is 0 Å². The highest BCUT2D eigenvalue weighted by molar-refractivity contribution is 5.77. The van der Waals surface area contributed by atoms with Gasteiger partial charge in [-0.05, 0) is 18.6 Å². The predicted octanol–water partition coefficient (Wildman–Crippen LogP) is 0.933. The van der Waals surface area contributed by atoms with E-state index >= 15 is 0 Å². The van der Waals surface area contributed by atoms with Crippen LogP contribution in [0.4, 0.5) is 4.39 Å². The summed E-state index contributed by atoms with van der Waals surface area (Å²) in [5, 5.41) is 18.1. The highest BCUT2D eigenvalue weighted by Crippen LogP contribution is 2.35. The van der Waals surface area contributed by atoms with Crippen LogP contribution in [0.1, 0.15) is 17.2 Å². The van der Waals surface area contributed by atoms with E-state index in [9.17, 15) is 14.3 Å². The average molecular weight is 229 g/mol. The number of carboxylic acids is 1. The number of rotatable bonds is 3. The third-order valence-electron chi connectivity index (χ3n) is 2.22. The van der Waals surface area contributed by atoms with Gasteiger partial charge in [0.25, 0.3) is 0 Å². The number of carboxylic acid groups (broad SMARTS) is 1. The fourth-order valence-corrected chi connectivity index (χ4v) is 1.35. The van der Waals surface area contributed by atoms with Crippen molar-refractivity contribution in [3.05, 3.63) is 23.0 Å². The van der Waals surface area contributed by atoms with Gasteiger partial charge < -0.3 is 20.7 Å². The summed E-state index contributed by atoms with van der Waals surface area (Å²) < 4.78 is 18.2. The molecule has 88 valence electrons. The van der Waals surface area contributed by atoms with Gasteiger partial charge in [-0.1, -0.05) is 0 Å². The Hall–Kier alpha value is -1.82. The molecule has 0 aliphatic rings. The summed E-state index contributed by atoms with van der Waals surface area (Å²) in [5.41, 5.74) is 5.56. The topological polar surface area (TPSA) is 92.8 Å². The monoisotopic (exact) mass is 229 g/mol. The lowest BCUT2D eigenvalue weighted by molar-refractivity contribution is -0.138. The molecule has 1 unspecified atom stereocenters. The second kappa shape index (κ2) is 4.36. The van der Waals surface area contributed by atoms with Gasteiger partial charge in [-0.3, -0.25) is 4.79 Å². The Morgan fingerprint density at radius 2 is 2.19 bits per heavy atom. The highest BCUT2D eigenvalue weighted by atomic mass is 19.1. The van der Waals surface area contributed by atoms with Crippen LogP contribution in [0.5, 0.6) is 11.5 Å². The number of carbonyl (C=O) groups is 1. The fourth-order valence-electron chi connectivity index (χ4n) is 1.35. The number of nitrogens with two attached hydrogens (primary N) is 1. The van der Waals surface area contributed by atoms with Crippen LogP contribution < -0.4 is 10.5 Å². The van der Waals surface area contributed by atoms with Crippen LogP contribution in [0.25, 0.3) is 0 Å². The zero-order chi connectivity index (χ0) is 12.5. The third kappa shape index (κ3) is 1.92. The lowest BCUT2D eigenvalue weighted by Gasteiger charge is -2.15. The number of aromatic hydroxyl groups is 1. The van der Waals surface area contributed by atoms with E-state index in [2.05, 4.69) is 0 Å². The van der Waals surface area contributed by atoms with Crippen molar-refractivity contribution in [3.63, 3.8) is 0 Å². The third-order valence-corrected chi connectivity index (χ3v) is 2.22. The van der Waals surface area contributed by atoms with Gasteiger partial charge in [0.1, 0.15) is 6.04 Å². The molecule has 0 bridgehead atoms. The second-order valence-electron chi connectivity index (χ2n) is 3.29. The van der Waals surface area contributed by atoms with Crippen LogP contribution in [0.3, 0.4) is 0 Å². The maximum absolute atomic E-state index is 13.5. The van der Waals surface area contributed by atoms with E-state index in [1.54, 1.807) is 0 Å². The number of benzene rings is 1. The average Bonchev–Trinajstić information content (AvgIpc) is 2.24. The van der Waals surface area contributed by atoms with Crippen molar-refractivity contribution in [2.75, 3.05) is 7.11 Å². The van der Waals surface area contributed by atoms with Crippen molar-refractivity contribution in [1.82, 2.24) is 0 Å². The summed E-state index contributed by atoms with van der Waals surface area (Å²) in [5.74, 6) is -3.23. The Labute approximate surface area is 91.3 Å². The van der Waals surface area contributed by atoms with Gasteiger partial charge in [0, 0.05) is 5.56 Å². The molecule has 5 nitrogen and oxygen atoms in total. The smallest absolute Gasteiger partial charge is 0.325 e. The minimum atomic E-state index is -1.40. The van der Waals surface area contributed by atoms with Gasteiger partial charge in [0.05, 0.1) is 7.11 Å². The molecule has 16 heavy (non-hydrogen) atoms. The summed E-state index contributed by atoms with van der Waals surface area (Å²) in [7, 11) is 1.17. The van der Waals surface area contributed by atoms with E-state index in [1.807, 2.05) is 0 Å². The van der Waals surface area contributed by atoms with Gasteiger partial charge in [0.2, 0.25) is 5.82 Å². The number of aliphatic carboxylic acids is 1. The van der Waals surface area contributed by atoms with Gasteiger partial charge in [-0.2, -0.15) is 4.39 Å². The van der Waals surface area contributed by atoms with Crippen molar-refractivity contribution < 1.29 is 24.1 Å². The lowest BCUT2D eigenvalue weighted by Crippen LogP contribution is -2.21. The number of ether oxygens (including phenoxy) is 1. The summed E-state index contributed by atoms with van der Waals surface area (Å²) in [6.07, 6.45) is 0. The first-order valence-corrected chi connectivity index (χ1v) is 4.44. The predicted molar refractivity (Wildman–Crippen MR) is 53.9 cm³/mol. The first kappa shape index (κ1) is 12.3. The molecule has 0 aliphatic carbocycles. The Balaban J connectivity index is 3.44. The van der Waals surface area contributed by atoms with E-state index in [4.69, 9.17) is 15.6 Å². The number of halogens is 1. The molecule has 1 aromatic rings. The van der Waals surface area contributed by atoms with Crippen LogP contribution in [-0.4, -0.2) is 23.3 Å². The number of phenols is 1. The Morgan fingerprint density at radius 3 is 2.62 bits per heavy atom. The quantitative estimate of drug-likeness (QED) is 0.717. The number of hydrogen-bond donors (Lipinski definition) is 3. The van der Waals surface area contributed by atoms with Crippen molar-refractivity contribution >= 4 is 5.97 Å². The van der Waals surface area contributed by atoms with Crippen LogP contribution in [0, 0.1) is 12.7 Å². The number of methoxy groups -OCH3 is 1. The Morgan fingerprint density at radius 1 is 1.62 bits per heavy atom. The number of hydrogen-bond acceptors (Lipinski definition) is 4. The molecule has 1 aromatic carbocycles. The molecule has 0 aromatic heterocycles. The van der Waals surface area contributed by atoms with Gasteiger partial charge in [-0.15, -0.1) is 0 Å². The molecule has 0 amide bonds. The number of aryl methyl sites for hydroxylation is 1. The molecule has 0 spiro atoms. The van der Waals surface area contributed by atoms with E-state index in [0.29, 0.717) is 0 Å². The van der Waals surface area contributed by atoms with E-state index in [-0.39, 0.29) is 16.9 Å². The molecular formula is C10H12FNO4. The normalized spacial score (nSPS) is 12.2. The summed E-state index contributed by atoms with van der Waals surface area (Å²) in [6, 6.07) is -0.112. The summed E-state index contributed by atoms with van der Waals surface area (Å²) >= 11 is 0. The molecule has 4 N–H and O–H groups in total. The van der Waals surface area contributed by atoms with Crippen molar-refractivity contribution in [2.45, 2.75) is 13.0 Å². The van der Waals surface area contributed by atoms with Crippen LogP contribution >= 0.6 is 0 Å². The molecule has 0 fully saturated rings. The molecule has 0 heterocycles. The van der Waals surface area contributed by atoms with E-state index < -0.39 is 23.6 Å². The van der Waals surface area contributed by atoms with Crippen molar-refractivity contribution in [1.29, 1.82) is 0 Å². The van der Waals surface area contributed by atoms with Crippen molar-refractivity contribution in [3.8, 4) is 11.5 Å². The molecule has 0 aliphatic heterocycles.